The first kappa shape index (κ1) is 22.2. The van der Waals surface area contributed by atoms with Crippen LogP contribution in [0.2, 0.25) is 5.15 Å². The Morgan fingerprint density at radius 1 is 1.12 bits per heavy atom. The summed E-state index contributed by atoms with van der Waals surface area (Å²) in [7, 11) is 0. The number of halogens is 2. The molecule has 4 rings (SSSR count). The van der Waals surface area contributed by atoms with Crippen molar-refractivity contribution in [1.29, 1.82) is 0 Å². The largest absolute Gasteiger partial charge is 0.449 e. The fourth-order valence-corrected chi connectivity index (χ4v) is 4.05. The number of rotatable bonds is 7. The van der Waals surface area contributed by atoms with E-state index in [4.69, 9.17) is 16.3 Å². The number of aliphatic hydroxyl groups is 2. The van der Waals surface area contributed by atoms with E-state index in [0.29, 0.717) is 0 Å². The molecule has 8 heteroatoms. The SMILES string of the molecule is O=C(NCCC(O)C(O)c1cnc(Cl)c(F)c1)OCC1c2ccccc2-c2ccccc21. The Morgan fingerprint density at radius 2 is 1.75 bits per heavy atom. The summed E-state index contributed by atoms with van der Waals surface area (Å²) in [5.41, 5.74) is 4.61. The molecule has 1 heterocycles. The maximum absolute atomic E-state index is 13.5. The van der Waals surface area contributed by atoms with Crippen LogP contribution in [0.4, 0.5) is 9.18 Å². The zero-order valence-corrected chi connectivity index (χ0v) is 17.8. The quantitative estimate of drug-likeness (QED) is 0.463. The molecule has 1 aromatic heterocycles. The van der Waals surface area contributed by atoms with Crippen molar-refractivity contribution in [3.63, 3.8) is 0 Å². The van der Waals surface area contributed by atoms with Crippen LogP contribution >= 0.6 is 11.6 Å². The third-order valence-electron chi connectivity index (χ3n) is 5.58. The number of nitrogens with zero attached hydrogens (tertiary/aromatic N) is 1. The monoisotopic (exact) mass is 456 g/mol. The Morgan fingerprint density at radius 3 is 2.38 bits per heavy atom. The zero-order valence-electron chi connectivity index (χ0n) is 17.0. The van der Waals surface area contributed by atoms with Crippen molar-refractivity contribution >= 4 is 17.7 Å². The van der Waals surface area contributed by atoms with Gasteiger partial charge in [0.15, 0.2) is 11.0 Å². The maximum atomic E-state index is 13.5. The molecule has 2 unspecified atom stereocenters. The number of pyridine rings is 1. The minimum absolute atomic E-state index is 0.0373. The predicted octanol–water partition coefficient (Wildman–Crippen LogP) is 4.20. The zero-order chi connectivity index (χ0) is 22.7. The highest BCUT2D eigenvalue weighted by Crippen LogP contribution is 2.44. The number of fused-ring (bicyclic) bond motifs is 3. The second kappa shape index (κ2) is 9.65. The van der Waals surface area contributed by atoms with Gasteiger partial charge in [-0.05, 0) is 34.7 Å². The molecule has 0 saturated heterocycles. The van der Waals surface area contributed by atoms with Crippen molar-refractivity contribution in [2.24, 2.45) is 0 Å². The Kier molecular flexibility index (Phi) is 6.69. The van der Waals surface area contributed by atoms with E-state index in [9.17, 15) is 19.4 Å². The van der Waals surface area contributed by atoms with E-state index in [2.05, 4.69) is 22.4 Å². The van der Waals surface area contributed by atoms with Crippen LogP contribution < -0.4 is 5.32 Å². The van der Waals surface area contributed by atoms with Gasteiger partial charge in [0.2, 0.25) is 0 Å². The number of carbonyl (C=O) groups excluding carboxylic acids is 1. The highest BCUT2D eigenvalue weighted by atomic mass is 35.5. The number of aliphatic hydroxyl groups excluding tert-OH is 2. The summed E-state index contributed by atoms with van der Waals surface area (Å²) in [6, 6.07) is 17.1. The second-order valence-corrected chi connectivity index (χ2v) is 7.95. The molecular weight excluding hydrogens is 435 g/mol. The number of aromatic nitrogens is 1. The summed E-state index contributed by atoms with van der Waals surface area (Å²) < 4.78 is 18.9. The molecule has 32 heavy (non-hydrogen) atoms. The number of nitrogens with one attached hydrogen (secondary N) is 1. The smallest absolute Gasteiger partial charge is 0.407 e. The van der Waals surface area contributed by atoms with Crippen LogP contribution in [0.1, 0.15) is 35.1 Å². The molecule has 2 aromatic carbocycles. The van der Waals surface area contributed by atoms with Gasteiger partial charge < -0.3 is 20.3 Å². The number of benzene rings is 2. The lowest BCUT2D eigenvalue weighted by Crippen LogP contribution is -2.30. The van der Waals surface area contributed by atoms with Crippen molar-refractivity contribution < 1.29 is 24.1 Å². The molecule has 2 atom stereocenters. The standard InChI is InChI=1S/C24H22ClFN2O4/c25-23-20(26)11-14(12-28-23)22(30)21(29)9-10-27-24(31)32-13-19-17-7-3-1-5-15(17)16-6-2-4-8-18(16)19/h1-8,11-12,19,21-22,29-30H,9-10,13H2,(H,27,31). The molecule has 0 aliphatic heterocycles. The van der Waals surface area contributed by atoms with Gasteiger partial charge in [0.05, 0.1) is 6.10 Å². The molecule has 1 amide bonds. The van der Waals surface area contributed by atoms with Gasteiger partial charge in [-0.3, -0.25) is 0 Å². The van der Waals surface area contributed by atoms with Crippen molar-refractivity contribution in [3.8, 4) is 11.1 Å². The van der Waals surface area contributed by atoms with Crippen LogP contribution in [0.3, 0.4) is 0 Å². The highest BCUT2D eigenvalue weighted by Gasteiger charge is 2.29. The normalized spacial score (nSPS) is 14.4. The predicted molar refractivity (Wildman–Crippen MR) is 118 cm³/mol. The molecule has 0 spiro atoms. The fraction of sp³-hybridized carbons (Fsp3) is 0.250. The topological polar surface area (TPSA) is 91.7 Å². The minimum atomic E-state index is -1.36. The first-order chi connectivity index (χ1) is 15.5. The van der Waals surface area contributed by atoms with Crippen LogP contribution in [-0.4, -0.2) is 40.5 Å². The minimum Gasteiger partial charge on any atom is -0.449 e. The van der Waals surface area contributed by atoms with Crippen molar-refractivity contribution in [3.05, 3.63) is 88.5 Å². The van der Waals surface area contributed by atoms with E-state index in [1.165, 1.54) is 6.20 Å². The molecular formula is C24H22ClFN2O4. The first-order valence-electron chi connectivity index (χ1n) is 10.2. The third-order valence-corrected chi connectivity index (χ3v) is 5.85. The summed E-state index contributed by atoms with van der Waals surface area (Å²) in [5.74, 6) is -0.833. The van der Waals surface area contributed by atoms with E-state index < -0.39 is 24.1 Å². The molecule has 3 N–H and O–H groups in total. The van der Waals surface area contributed by atoms with Gasteiger partial charge in [-0.15, -0.1) is 0 Å². The Labute approximate surface area is 189 Å². The van der Waals surface area contributed by atoms with E-state index in [1.807, 2.05) is 36.4 Å². The molecule has 1 aliphatic carbocycles. The molecule has 0 saturated carbocycles. The van der Waals surface area contributed by atoms with Crippen LogP contribution in [-0.2, 0) is 4.74 Å². The molecule has 166 valence electrons. The van der Waals surface area contributed by atoms with Crippen molar-refractivity contribution in [1.82, 2.24) is 10.3 Å². The van der Waals surface area contributed by atoms with Gasteiger partial charge in [0, 0.05) is 24.2 Å². The lowest BCUT2D eigenvalue weighted by molar-refractivity contribution is 0.0133. The maximum Gasteiger partial charge on any atom is 0.407 e. The van der Waals surface area contributed by atoms with Crippen LogP contribution in [0, 0.1) is 5.82 Å². The average Bonchev–Trinajstić information content (AvgIpc) is 3.12. The summed E-state index contributed by atoms with van der Waals surface area (Å²) in [6.07, 6.45) is -1.98. The molecule has 0 radical (unpaired) electrons. The highest BCUT2D eigenvalue weighted by molar-refractivity contribution is 6.29. The van der Waals surface area contributed by atoms with Gasteiger partial charge in [0.1, 0.15) is 12.7 Å². The summed E-state index contributed by atoms with van der Waals surface area (Å²) >= 11 is 5.52. The van der Waals surface area contributed by atoms with E-state index in [0.717, 1.165) is 28.3 Å². The number of amides is 1. The van der Waals surface area contributed by atoms with Gasteiger partial charge >= 0.3 is 6.09 Å². The lowest BCUT2D eigenvalue weighted by atomic mass is 9.98. The van der Waals surface area contributed by atoms with Crippen LogP contribution in [0.15, 0.2) is 60.8 Å². The van der Waals surface area contributed by atoms with Crippen molar-refractivity contribution in [2.45, 2.75) is 24.5 Å². The number of hydrogen-bond donors (Lipinski definition) is 3. The van der Waals surface area contributed by atoms with Gasteiger partial charge in [-0.25, -0.2) is 14.2 Å². The number of alkyl carbamates (subject to hydrolysis) is 1. The molecule has 0 bridgehead atoms. The van der Waals surface area contributed by atoms with Gasteiger partial charge in [-0.1, -0.05) is 60.1 Å². The van der Waals surface area contributed by atoms with E-state index in [-0.39, 0.29) is 36.2 Å². The third kappa shape index (κ3) is 4.60. The average molecular weight is 457 g/mol. The van der Waals surface area contributed by atoms with Crippen molar-refractivity contribution in [2.75, 3.05) is 13.2 Å². The molecule has 1 aliphatic rings. The number of ether oxygens (including phenoxy) is 1. The number of hydrogen-bond acceptors (Lipinski definition) is 5. The summed E-state index contributed by atoms with van der Waals surface area (Å²) in [4.78, 5) is 15.8. The van der Waals surface area contributed by atoms with Crippen LogP contribution in [0.5, 0.6) is 0 Å². The summed E-state index contributed by atoms with van der Waals surface area (Å²) in [5, 5.41) is 22.6. The first-order valence-corrected chi connectivity index (χ1v) is 10.6. The van der Waals surface area contributed by atoms with E-state index >= 15 is 0 Å². The Bertz CT molecular complexity index is 1080. The molecule has 6 nitrogen and oxygen atoms in total. The van der Waals surface area contributed by atoms with Gasteiger partial charge in [0.25, 0.3) is 0 Å². The second-order valence-electron chi connectivity index (χ2n) is 7.59. The number of carbonyl (C=O) groups is 1. The Balaban J connectivity index is 1.28. The fourth-order valence-electron chi connectivity index (χ4n) is 3.95. The Hall–Kier alpha value is -3.00. The van der Waals surface area contributed by atoms with Crippen LogP contribution in [0.25, 0.3) is 11.1 Å². The summed E-state index contributed by atoms with van der Waals surface area (Å²) in [6.45, 7) is 0.249. The lowest BCUT2D eigenvalue weighted by Gasteiger charge is -2.18. The molecule has 3 aromatic rings. The van der Waals surface area contributed by atoms with E-state index in [1.54, 1.807) is 0 Å². The molecule has 0 fully saturated rings. The van der Waals surface area contributed by atoms with Gasteiger partial charge in [-0.2, -0.15) is 0 Å².